The second-order valence-corrected chi connectivity index (χ2v) is 5.00. The van der Waals surface area contributed by atoms with Crippen molar-refractivity contribution in [2.75, 3.05) is 0 Å². The van der Waals surface area contributed by atoms with Crippen LogP contribution in [0.25, 0.3) is 5.57 Å². The summed E-state index contributed by atoms with van der Waals surface area (Å²) >= 11 is 5.13. The van der Waals surface area contributed by atoms with Crippen molar-refractivity contribution in [3.63, 3.8) is 0 Å². The lowest BCUT2D eigenvalue weighted by molar-refractivity contribution is 0.934. The molecular formula is C8H8BrNS. The van der Waals surface area contributed by atoms with Crippen LogP contribution in [0.4, 0.5) is 0 Å². The highest BCUT2D eigenvalue weighted by Gasteiger charge is 2.09. The minimum atomic E-state index is 1.13. The second-order valence-electron chi connectivity index (χ2n) is 2.59. The van der Waals surface area contributed by atoms with Gasteiger partial charge in [-0.2, -0.15) is 0 Å². The van der Waals surface area contributed by atoms with Gasteiger partial charge in [-0.1, -0.05) is 6.08 Å². The third-order valence-electron chi connectivity index (χ3n) is 1.79. The van der Waals surface area contributed by atoms with Gasteiger partial charge in [0.1, 0.15) is 5.01 Å². The van der Waals surface area contributed by atoms with Gasteiger partial charge in [0, 0.05) is 0 Å². The van der Waals surface area contributed by atoms with E-state index in [1.54, 1.807) is 11.3 Å². The van der Waals surface area contributed by atoms with Crippen molar-refractivity contribution >= 4 is 32.8 Å². The van der Waals surface area contributed by atoms with Crippen LogP contribution in [-0.4, -0.2) is 4.98 Å². The van der Waals surface area contributed by atoms with Gasteiger partial charge in [0.25, 0.3) is 0 Å². The lowest BCUT2D eigenvalue weighted by Crippen LogP contribution is -1.75. The van der Waals surface area contributed by atoms with Gasteiger partial charge in [-0.25, -0.2) is 4.98 Å². The van der Waals surface area contributed by atoms with E-state index in [0.717, 1.165) is 3.79 Å². The summed E-state index contributed by atoms with van der Waals surface area (Å²) in [5, 5.41) is 1.19. The summed E-state index contributed by atoms with van der Waals surface area (Å²) < 4.78 is 1.13. The van der Waals surface area contributed by atoms with Crippen LogP contribution in [0.2, 0.25) is 0 Å². The number of hydrogen-bond donors (Lipinski definition) is 0. The second kappa shape index (κ2) is 3.07. The summed E-state index contributed by atoms with van der Waals surface area (Å²) in [5.74, 6) is 0. The first-order valence-corrected chi connectivity index (χ1v) is 5.28. The Bertz CT molecular complexity index is 290. The van der Waals surface area contributed by atoms with E-state index in [1.165, 1.54) is 29.8 Å². The van der Waals surface area contributed by atoms with Gasteiger partial charge < -0.3 is 0 Å². The summed E-state index contributed by atoms with van der Waals surface area (Å²) in [6, 6.07) is 0. The van der Waals surface area contributed by atoms with E-state index in [-0.39, 0.29) is 0 Å². The van der Waals surface area contributed by atoms with Crippen LogP contribution in [-0.2, 0) is 0 Å². The van der Waals surface area contributed by atoms with Crippen molar-refractivity contribution < 1.29 is 0 Å². The number of hydrogen-bond acceptors (Lipinski definition) is 2. The highest BCUT2D eigenvalue weighted by Crippen LogP contribution is 2.31. The molecular weight excluding hydrogens is 222 g/mol. The van der Waals surface area contributed by atoms with Crippen LogP contribution in [0.15, 0.2) is 16.1 Å². The first-order chi connectivity index (χ1) is 5.36. The summed E-state index contributed by atoms with van der Waals surface area (Å²) in [4.78, 5) is 4.30. The van der Waals surface area contributed by atoms with Crippen molar-refractivity contribution in [2.45, 2.75) is 19.3 Å². The summed E-state index contributed by atoms with van der Waals surface area (Å²) in [6.07, 6.45) is 7.91. The average molecular weight is 230 g/mol. The Hall–Kier alpha value is -0.150. The molecule has 3 heteroatoms. The van der Waals surface area contributed by atoms with Gasteiger partial charge in [-0.15, -0.1) is 11.3 Å². The molecule has 0 N–H and O–H groups in total. The summed E-state index contributed by atoms with van der Waals surface area (Å²) in [7, 11) is 0. The van der Waals surface area contributed by atoms with Gasteiger partial charge in [-0.05, 0) is 40.8 Å². The Labute approximate surface area is 78.3 Å². The Morgan fingerprint density at radius 1 is 1.55 bits per heavy atom. The highest BCUT2D eigenvalue weighted by atomic mass is 79.9. The Morgan fingerprint density at radius 2 is 2.45 bits per heavy atom. The third kappa shape index (κ3) is 1.54. The van der Waals surface area contributed by atoms with Crippen LogP contribution in [0.5, 0.6) is 0 Å². The molecule has 0 atom stereocenters. The molecule has 11 heavy (non-hydrogen) atoms. The minimum absolute atomic E-state index is 1.13. The van der Waals surface area contributed by atoms with Crippen molar-refractivity contribution in [3.8, 4) is 0 Å². The molecule has 0 aliphatic heterocycles. The lowest BCUT2D eigenvalue weighted by Gasteiger charge is -1.91. The number of thiazole rings is 1. The summed E-state index contributed by atoms with van der Waals surface area (Å²) in [5.41, 5.74) is 1.43. The van der Waals surface area contributed by atoms with E-state index in [2.05, 4.69) is 27.0 Å². The molecule has 0 radical (unpaired) electrons. The zero-order valence-electron chi connectivity index (χ0n) is 6.01. The molecule has 0 saturated carbocycles. The first kappa shape index (κ1) is 7.50. The van der Waals surface area contributed by atoms with Crippen LogP contribution < -0.4 is 0 Å². The predicted octanol–water partition coefficient (Wildman–Crippen LogP) is 3.47. The van der Waals surface area contributed by atoms with Gasteiger partial charge in [0.2, 0.25) is 0 Å². The zero-order valence-corrected chi connectivity index (χ0v) is 8.41. The SMILES string of the molecule is Brc1cnc(C2=CCCC2)s1. The lowest BCUT2D eigenvalue weighted by atomic mass is 10.2. The smallest absolute Gasteiger partial charge is 0.119 e. The fraction of sp³-hybridized carbons (Fsp3) is 0.375. The molecule has 0 bridgehead atoms. The van der Waals surface area contributed by atoms with Gasteiger partial charge in [0.15, 0.2) is 0 Å². The van der Waals surface area contributed by atoms with Crippen molar-refractivity contribution in [2.24, 2.45) is 0 Å². The van der Waals surface area contributed by atoms with Crippen LogP contribution >= 0.6 is 27.3 Å². The highest BCUT2D eigenvalue weighted by molar-refractivity contribution is 9.11. The van der Waals surface area contributed by atoms with Gasteiger partial charge >= 0.3 is 0 Å². The molecule has 1 aromatic rings. The molecule has 0 unspecified atom stereocenters. The van der Waals surface area contributed by atoms with Crippen LogP contribution in [0, 0.1) is 0 Å². The molecule has 1 nitrogen and oxygen atoms in total. The monoisotopic (exact) mass is 229 g/mol. The van der Waals surface area contributed by atoms with E-state index in [0.29, 0.717) is 0 Å². The van der Waals surface area contributed by atoms with E-state index in [1.807, 2.05) is 6.20 Å². The van der Waals surface area contributed by atoms with E-state index in [4.69, 9.17) is 0 Å². The number of allylic oxidation sites excluding steroid dienone is 2. The molecule has 0 saturated heterocycles. The van der Waals surface area contributed by atoms with Crippen LogP contribution in [0.1, 0.15) is 24.3 Å². The maximum Gasteiger partial charge on any atom is 0.119 e. The number of rotatable bonds is 1. The fourth-order valence-corrected chi connectivity index (χ4v) is 2.54. The molecule has 0 amide bonds. The number of halogens is 1. The Balaban J connectivity index is 2.28. The minimum Gasteiger partial charge on any atom is -0.244 e. The maximum atomic E-state index is 4.30. The zero-order chi connectivity index (χ0) is 7.68. The molecule has 0 spiro atoms. The summed E-state index contributed by atoms with van der Waals surface area (Å²) in [6.45, 7) is 0. The molecule has 2 rings (SSSR count). The molecule has 1 aromatic heterocycles. The normalized spacial score (nSPS) is 17.0. The average Bonchev–Trinajstić information content (AvgIpc) is 2.55. The quantitative estimate of drug-likeness (QED) is 0.719. The topological polar surface area (TPSA) is 12.9 Å². The van der Waals surface area contributed by atoms with Gasteiger partial charge in [0.05, 0.1) is 9.98 Å². The van der Waals surface area contributed by atoms with Gasteiger partial charge in [-0.3, -0.25) is 0 Å². The third-order valence-corrected chi connectivity index (χ3v) is 3.34. The predicted molar refractivity (Wildman–Crippen MR) is 51.6 cm³/mol. The van der Waals surface area contributed by atoms with E-state index < -0.39 is 0 Å². The molecule has 0 fully saturated rings. The van der Waals surface area contributed by atoms with Crippen molar-refractivity contribution in [1.29, 1.82) is 0 Å². The van der Waals surface area contributed by atoms with E-state index in [9.17, 15) is 0 Å². The largest absolute Gasteiger partial charge is 0.244 e. The molecule has 1 heterocycles. The molecule has 58 valence electrons. The Kier molecular flexibility index (Phi) is 2.09. The Morgan fingerprint density at radius 3 is 3.00 bits per heavy atom. The number of nitrogens with zero attached hydrogens (tertiary/aromatic N) is 1. The maximum absolute atomic E-state index is 4.30. The van der Waals surface area contributed by atoms with E-state index >= 15 is 0 Å². The fourth-order valence-electron chi connectivity index (χ4n) is 1.27. The standard InChI is InChI=1S/C8H8BrNS/c9-7-5-10-8(11-7)6-3-1-2-4-6/h3,5H,1-2,4H2. The van der Waals surface area contributed by atoms with Crippen LogP contribution in [0.3, 0.4) is 0 Å². The molecule has 1 aliphatic carbocycles. The number of aromatic nitrogens is 1. The van der Waals surface area contributed by atoms with Crippen molar-refractivity contribution in [3.05, 3.63) is 21.1 Å². The molecule has 0 aromatic carbocycles. The molecule has 1 aliphatic rings. The van der Waals surface area contributed by atoms with Crippen molar-refractivity contribution in [1.82, 2.24) is 4.98 Å². The first-order valence-electron chi connectivity index (χ1n) is 3.67.